The first-order valence-corrected chi connectivity index (χ1v) is 11.3. The van der Waals surface area contributed by atoms with Crippen LogP contribution in [0.4, 0.5) is 0 Å². The molecule has 0 heterocycles. The normalized spacial score (nSPS) is 14.2. The van der Waals surface area contributed by atoms with Crippen LogP contribution in [0, 0.1) is 0 Å². The maximum absolute atomic E-state index is 6.80. The van der Waals surface area contributed by atoms with Gasteiger partial charge < -0.3 is 13.0 Å². The smallest absolute Gasteiger partial charge is 0.414 e. The van der Waals surface area contributed by atoms with Gasteiger partial charge in [0.2, 0.25) is 0 Å². The van der Waals surface area contributed by atoms with Gasteiger partial charge in [0.15, 0.2) is 8.32 Å². The van der Waals surface area contributed by atoms with Gasteiger partial charge in [0, 0.05) is 19.8 Å². The summed E-state index contributed by atoms with van der Waals surface area (Å²) in [6, 6.07) is 0. The van der Waals surface area contributed by atoms with Crippen molar-refractivity contribution in [2.24, 2.45) is 0 Å². The number of hydrogen-bond donors (Lipinski definition) is 0. The van der Waals surface area contributed by atoms with Gasteiger partial charge in [-0.1, -0.05) is 55.4 Å². The van der Waals surface area contributed by atoms with Crippen LogP contribution in [-0.2, 0) is 13.0 Å². The molecule has 0 aromatic heterocycles. The third kappa shape index (κ3) is 3.70. The van der Waals surface area contributed by atoms with Gasteiger partial charge >= 0.3 is 8.80 Å². The first kappa shape index (κ1) is 19.3. The first-order chi connectivity index (χ1) is 8.60. The fourth-order valence-electron chi connectivity index (χ4n) is 3.36. The summed E-state index contributed by atoms with van der Waals surface area (Å²) in [5.74, 6) is 0. The lowest BCUT2D eigenvalue weighted by Gasteiger charge is -2.48. The van der Waals surface area contributed by atoms with Crippen molar-refractivity contribution in [1.82, 2.24) is 0 Å². The van der Waals surface area contributed by atoms with E-state index in [-0.39, 0.29) is 5.54 Å². The van der Waals surface area contributed by atoms with Gasteiger partial charge in [0.05, 0.1) is 0 Å². The molecule has 0 N–H and O–H groups in total. The van der Waals surface area contributed by atoms with Crippen LogP contribution in [-0.4, -0.2) is 31.3 Å². The minimum atomic E-state index is -2.58. The molecule has 0 fully saturated rings. The highest BCUT2D eigenvalue weighted by Gasteiger charge is 2.55. The third-order valence-corrected chi connectivity index (χ3v) is 14.8. The molecule has 0 aromatic carbocycles. The zero-order chi connectivity index (χ0) is 15.4. The van der Waals surface area contributed by atoms with E-state index >= 15 is 0 Å². The standard InChI is InChI=1S/C14H34O3Si2/c1-11(2)18(12(3)4,13(5)6)17-19(15-9,16-10)14(7)8/h11-14H,1-10H3. The van der Waals surface area contributed by atoms with E-state index in [1.807, 2.05) is 0 Å². The summed E-state index contributed by atoms with van der Waals surface area (Å²) in [6.07, 6.45) is 0. The Balaban J connectivity index is 5.65. The Morgan fingerprint density at radius 2 is 0.895 bits per heavy atom. The van der Waals surface area contributed by atoms with Crippen molar-refractivity contribution in [3.05, 3.63) is 0 Å². The fourth-order valence-corrected chi connectivity index (χ4v) is 14.9. The highest BCUT2D eigenvalue weighted by atomic mass is 28.5. The van der Waals surface area contributed by atoms with Crippen molar-refractivity contribution in [2.75, 3.05) is 14.2 Å². The monoisotopic (exact) mass is 306 g/mol. The van der Waals surface area contributed by atoms with E-state index < -0.39 is 17.1 Å². The maximum Gasteiger partial charge on any atom is 0.492 e. The Kier molecular flexibility index (Phi) is 7.48. The summed E-state index contributed by atoms with van der Waals surface area (Å²) in [5, 5.41) is 0. The van der Waals surface area contributed by atoms with Crippen LogP contribution >= 0.6 is 0 Å². The van der Waals surface area contributed by atoms with Gasteiger partial charge in [-0.3, -0.25) is 0 Å². The molecular weight excluding hydrogens is 272 g/mol. The molecule has 3 nitrogen and oxygen atoms in total. The predicted octanol–water partition coefficient (Wildman–Crippen LogP) is 4.82. The molecule has 19 heavy (non-hydrogen) atoms. The van der Waals surface area contributed by atoms with Gasteiger partial charge in [-0.2, -0.15) is 0 Å². The van der Waals surface area contributed by atoms with Gasteiger partial charge in [0.1, 0.15) is 0 Å². The van der Waals surface area contributed by atoms with Crippen LogP contribution in [0.15, 0.2) is 0 Å². The largest absolute Gasteiger partial charge is 0.492 e. The Morgan fingerprint density at radius 3 is 1.05 bits per heavy atom. The van der Waals surface area contributed by atoms with Gasteiger partial charge in [-0.15, -0.1) is 0 Å². The van der Waals surface area contributed by atoms with Crippen LogP contribution in [0.1, 0.15) is 55.4 Å². The summed E-state index contributed by atoms with van der Waals surface area (Å²) in [6.45, 7) is 18.0. The van der Waals surface area contributed by atoms with Crippen molar-refractivity contribution < 1.29 is 13.0 Å². The van der Waals surface area contributed by atoms with Crippen molar-refractivity contribution in [3.8, 4) is 0 Å². The SMILES string of the molecule is CO[Si](OC)(O[Si](C(C)C)(C(C)C)C(C)C)C(C)C. The quantitative estimate of drug-likeness (QED) is 0.602. The van der Waals surface area contributed by atoms with E-state index in [0.717, 1.165) is 0 Å². The van der Waals surface area contributed by atoms with E-state index in [1.165, 1.54) is 0 Å². The lowest BCUT2D eigenvalue weighted by Crippen LogP contribution is -2.60. The van der Waals surface area contributed by atoms with E-state index in [1.54, 1.807) is 14.2 Å². The van der Waals surface area contributed by atoms with E-state index in [0.29, 0.717) is 16.6 Å². The predicted molar refractivity (Wildman–Crippen MR) is 87.0 cm³/mol. The second kappa shape index (κ2) is 7.36. The molecule has 0 saturated heterocycles. The van der Waals surface area contributed by atoms with E-state index in [4.69, 9.17) is 13.0 Å². The molecule has 0 bridgehead atoms. The lowest BCUT2D eigenvalue weighted by molar-refractivity contribution is 0.142. The average Bonchev–Trinajstić information content (AvgIpc) is 2.29. The highest BCUT2D eigenvalue weighted by molar-refractivity contribution is 6.85. The molecule has 5 heteroatoms. The summed E-state index contributed by atoms with van der Waals surface area (Å²) in [5.41, 5.74) is 1.92. The molecule has 0 aliphatic carbocycles. The molecule has 0 atom stereocenters. The fraction of sp³-hybridized carbons (Fsp3) is 1.00. The Hall–Kier alpha value is 0.314. The van der Waals surface area contributed by atoms with E-state index in [2.05, 4.69) is 55.4 Å². The molecule has 0 aliphatic heterocycles. The summed E-state index contributed by atoms with van der Waals surface area (Å²) >= 11 is 0. The van der Waals surface area contributed by atoms with Gasteiger partial charge in [-0.25, -0.2) is 0 Å². The lowest BCUT2D eigenvalue weighted by atomic mass is 10.5. The van der Waals surface area contributed by atoms with Crippen LogP contribution in [0.2, 0.25) is 22.2 Å². The van der Waals surface area contributed by atoms with Crippen molar-refractivity contribution >= 4 is 17.1 Å². The van der Waals surface area contributed by atoms with Crippen LogP contribution < -0.4 is 0 Å². The zero-order valence-corrected chi connectivity index (χ0v) is 16.5. The van der Waals surface area contributed by atoms with Crippen molar-refractivity contribution in [3.63, 3.8) is 0 Å². The molecule has 0 saturated carbocycles. The van der Waals surface area contributed by atoms with E-state index in [9.17, 15) is 0 Å². The van der Waals surface area contributed by atoms with Crippen LogP contribution in [0.5, 0.6) is 0 Å². The second-order valence-corrected chi connectivity index (χ2v) is 15.8. The third-order valence-electron chi connectivity index (χ3n) is 4.30. The molecular formula is C14H34O3Si2. The number of hydrogen-bond acceptors (Lipinski definition) is 3. The maximum atomic E-state index is 6.80. The summed E-state index contributed by atoms with van der Waals surface area (Å²) in [4.78, 5) is 0. The minimum Gasteiger partial charge on any atom is -0.414 e. The average molecular weight is 307 g/mol. The Labute approximate surface area is 122 Å². The van der Waals surface area contributed by atoms with Gasteiger partial charge in [-0.05, 0) is 16.6 Å². The molecule has 0 amide bonds. The molecule has 0 spiro atoms. The molecule has 0 radical (unpaired) electrons. The molecule has 0 aromatic rings. The van der Waals surface area contributed by atoms with Gasteiger partial charge in [0.25, 0.3) is 0 Å². The number of rotatable bonds is 8. The van der Waals surface area contributed by atoms with Crippen LogP contribution in [0.3, 0.4) is 0 Å². The highest BCUT2D eigenvalue weighted by Crippen LogP contribution is 2.45. The molecule has 0 unspecified atom stereocenters. The topological polar surface area (TPSA) is 27.7 Å². The first-order valence-electron chi connectivity index (χ1n) is 7.41. The molecule has 0 aliphatic rings. The zero-order valence-electron chi connectivity index (χ0n) is 14.5. The molecule has 0 rings (SSSR count). The summed E-state index contributed by atoms with van der Waals surface area (Å²) < 4.78 is 18.4. The van der Waals surface area contributed by atoms with Crippen LogP contribution in [0.25, 0.3) is 0 Å². The summed E-state index contributed by atoms with van der Waals surface area (Å²) in [7, 11) is -1.07. The van der Waals surface area contributed by atoms with Crippen molar-refractivity contribution in [2.45, 2.75) is 77.6 Å². The second-order valence-electron chi connectivity index (χ2n) is 6.59. The minimum absolute atomic E-state index is 0.283. The Morgan fingerprint density at radius 1 is 0.579 bits per heavy atom. The Bertz CT molecular complexity index is 240. The molecule has 116 valence electrons. The van der Waals surface area contributed by atoms with Crippen molar-refractivity contribution in [1.29, 1.82) is 0 Å².